The largest absolute Gasteiger partial charge is 0.480 e. The average molecular weight is 316 g/mol. The van der Waals surface area contributed by atoms with Crippen molar-refractivity contribution in [3.8, 4) is 0 Å². The molecule has 0 aliphatic carbocycles. The van der Waals surface area contributed by atoms with E-state index in [-0.39, 0.29) is 17.1 Å². The molecular formula is C14H15ClFNO4. The van der Waals surface area contributed by atoms with Gasteiger partial charge in [0.15, 0.2) is 0 Å². The molecule has 1 aromatic carbocycles. The summed E-state index contributed by atoms with van der Waals surface area (Å²) >= 11 is 5.94. The first-order chi connectivity index (χ1) is 9.60. The number of carbonyl (C=O) groups is 2. The van der Waals surface area contributed by atoms with Crippen molar-refractivity contribution in [3.63, 3.8) is 0 Å². The molecule has 0 aromatic heterocycles. The summed E-state index contributed by atoms with van der Waals surface area (Å²) in [4.78, 5) is 24.5. The van der Waals surface area contributed by atoms with E-state index in [0.717, 1.165) is 17.0 Å². The van der Waals surface area contributed by atoms with Crippen molar-refractivity contribution in [2.75, 3.05) is 4.90 Å². The topological polar surface area (TPSA) is 66.8 Å². The summed E-state index contributed by atoms with van der Waals surface area (Å²) in [6.45, 7) is 4.99. The summed E-state index contributed by atoms with van der Waals surface area (Å²) in [5.74, 6) is -1.84. The van der Waals surface area contributed by atoms with Crippen LogP contribution in [0.1, 0.15) is 26.3 Å². The van der Waals surface area contributed by atoms with Crippen molar-refractivity contribution in [2.45, 2.75) is 38.8 Å². The van der Waals surface area contributed by atoms with E-state index in [1.165, 1.54) is 0 Å². The zero-order valence-electron chi connectivity index (χ0n) is 11.8. The third-order valence-corrected chi connectivity index (χ3v) is 3.32. The highest BCUT2D eigenvalue weighted by Crippen LogP contribution is 2.38. The lowest BCUT2D eigenvalue weighted by Gasteiger charge is -2.27. The van der Waals surface area contributed by atoms with Crippen LogP contribution >= 0.6 is 11.6 Å². The first kappa shape index (κ1) is 15.6. The Hall–Kier alpha value is -1.82. The summed E-state index contributed by atoms with van der Waals surface area (Å²) in [5.41, 5.74) is -0.224. The van der Waals surface area contributed by atoms with Gasteiger partial charge in [-0.25, -0.2) is 14.0 Å². The molecule has 21 heavy (non-hydrogen) atoms. The maximum absolute atomic E-state index is 13.5. The number of carboxylic acids is 1. The van der Waals surface area contributed by atoms with Crippen molar-refractivity contribution in [3.05, 3.63) is 28.5 Å². The molecule has 0 bridgehead atoms. The van der Waals surface area contributed by atoms with Gasteiger partial charge < -0.3 is 9.84 Å². The molecule has 114 valence electrons. The van der Waals surface area contributed by atoms with Gasteiger partial charge in [-0.2, -0.15) is 0 Å². The van der Waals surface area contributed by atoms with E-state index in [1.807, 2.05) is 0 Å². The minimum absolute atomic E-state index is 0.0169. The highest BCUT2D eigenvalue weighted by Gasteiger charge is 2.41. The van der Waals surface area contributed by atoms with Crippen molar-refractivity contribution in [1.29, 1.82) is 0 Å². The number of fused-ring (bicyclic) bond motifs is 1. The van der Waals surface area contributed by atoms with Gasteiger partial charge in [0.2, 0.25) is 0 Å². The molecule has 2 rings (SSSR count). The Kier molecular flexibility index (Phi) is 3.84. The number of aliphatic carboxylic acids is 1. The SMILES string of the molecule is CC(C)(C)OC(=O)N1c2cc(F)cc(Cl)c2C[C@H]1C(=O)O. The monoisotopic (exact) mass is 315 g/mol. The molecule has 0 saturated heterocycles. The number of rotatable bonds is 1. The number of carbonyl (C=O) groups excluding carboxylic acids is 1. The molecule has 1 N–H and O–H groups in total. The highest BCUT2D eigenvalue weighted by atomic mass is 35.5. The molecule has 5 nitrogen and oxygen atoms in total. The van der Waals surface area contributed by atoms with E-state index in [2.05, 4.69) is 0 Å². The standard InChI is InChI=1S/C14H15ClFNO4/c1-14(2,3)21-13(20)17-10-5-7(16)4-9(15)8(10)6-11(17)12(18)19/h4-5,11H,6H2,1-3H3,(H,18,19)/t11-/m0/s1. The normalized spacial score (nSPS) is 17.6. The highest BCUT2D eigenvalue weighted by molar-refractivity contribution is 6.32. The Morgan fingerprint density at radius 1 is 1.43 bits per heavy atom. The number of benzene rings is 1. The van der Waals surface area contributed by atoms with Crippen LogP contribution in [0.4, 0.5) is 14.9 Å². The van der Waals surface area contributed by atoms with Gasteiger partial charge in [0.25, 0.3) is 0 Å². The van der Waals surface area contributed by atoms with Gasteiger partial charge in [-0.3, -0.25) is 4.90 Å². The summed E-state index contributed by atoms with van der Waals surface area (Å²) in [6.07, 6.45) is -0.821. The van der Waals surface area contributed by atoms with Crippen molar-refractivity contribution in [1.82, 2.24) is 0 Å². The van der Waals surface area contributed by atoms with Crippen LogP contribution in [0, 0.1) is 5.82 Å². The van der Waals surface area contributed by atoms with Gasteiger partial charge in [0, 0.05) is 11.4 Å². The van der Waals surface area contributed by atoms with Crippen LogP contribution in [0.3, 0.4) is 0 Å². The minimum Gasteiger partial charge on any atom is -0.480 e. The number of ether oxygens (including phenoxy) is 1. The predicted octanol–water partition coefficient (Wildman–Crippen LogP) is 3.23. The number of amides is 1. The fourth-order valence-electron chi connectivity index (χ4n) is 2.19. The molecule has 1 aliphatic heterocycles. The number of carboxylic acid groups (broad SMARTS) is 1. The zero-order valence-corrected chi connectivity index (χ0v) is 12.6. The first-order valence-electron chi connectivity index (χ1n) is 6.33. The van der Waals surface area contributed by atoms with Crippen molar-refractivity contribution >= 4 is 29.4 Å². The second kappa shape index (κ2) is 5.18. The number of anilines is 1. The number of nitrogens with zero attached hydrogens (tertiary/aromatic N) is 1. The predicted molar refractivity (Wildman–Crippen MR) is 75.3 cm³/mol. The smallest absolute Gasteiger partial charge is 0.415 e. The number of halogens is 2. The molecule has 0 unspecified atom stereocenters. The van der Waals surface area contributed by atoms with E-state index in [9.17, 15) is 19.1 Å². The van der Waals surface area contributed by atoms with E-state index in [4.69, 9.17) is 16.3 Å². The van der Waals surface area contributed by atoms with Crippen LogP contribution in [0.15, 0.2) is 12.1 Å². The molecule has 0 fully saturated rings. The molecule has 0 spiro atoms. The van der Waals surface area contributed by atoms with E-state index >= 15 is 0 Å². The fraction of sp³-hybridized carbons (Fsp3) is 0.429. The van der Waals surface area contributed by atoms with Gasteiger partial charge in [0.1, 0.15) is 17.5 Å². The molecule has 1 aliphatic rings. The third kappa shape index (κ3) is 3.10. The second-order valence-electron chi connectivity index (χ2n) is 5.79. The molecule has 0 saturated carbocycles. The summed E-state index contributed by atoms with van der Waals surface area (Å²) in [7, 11) is 0. The molecular weight excluding hydrogens is 301 g/mol. The van der Waals surface area contributed by atoms with Gasteiger partial charge in [-0.15, -0.1) is 0 Å². The van der Waals surface area contributed by atoms with Crippen molar-refractivity contribution in [2.24, 2.45) is 0 Å². The molecule has 1 amide bonds. The van der Waals surface area contributed by atoms with Crippen molar-refractivity contribution < 1.29 is 23.8 Å². The van der Waals surface area contributed by atoms with Crippen LogP contribution in [0.25, 0.3) is 0 Å². The van der Waals surface area contributed by atoms with E-state index in [0.29, 0.717) is 5.56 Å². The first-order valence-corrected chi connectivity index (χ1v) is 6.71. The van der Waals surface area contributed by atoms with E-state index in [1.54, 1.807) is 20.8 Å². The summed E-state index contributed by atoms with van der Waals surface area (Å²) < 4.78 is 18.7. The Balaban J connectivity index is 2.47. The Morgan fingerprint density at radius 2 is 2.05 bits per heavy atom. The van der Waals surface area contributed by atoms with Gasteiger partial charge >= 0.3 is 12.1 Å². The quantitative estimate of drug-likeness (QED) is 0.864. The Bertz CT molecular complexity index is 612. The lowest BCUT2D eigenvalue weighted by atomic mass is 10.1. The lowest BCUT2D eigenvalue weighted by Crippen LogP contribution is -2.45. The van der Waals surface area contributed by atoms with Crippen LogP contribution in [-0.2, 0) is 16.0 Å². The lowest BCUT2D eigenvalue weighted by molar-refractivity contribution is -0.138. The average Bonchev–Trinajstić information content (AvgIpc) is 2.66. The Morgan fingerprint density at radius 3 is 2.57 bits per heavy atom. The maximum Gasteiger partial charge on any atom is 0.415 e. The maximum atomic E-state index is 13.5. The molecule has 7 heteroatoms. The summed E-state index contributed by atoms with van der Waals surface area (Å²) in [5, 5.41) is 9.38. The molecule has 1 aromatic rings. The fourth-order valence-corrected chi connectivity index (χ4v) is 2.47. The third-order valence-electron chi connectivity index (χ3n) is 2.98. The number of hydrogen-bond acceptors (Lipinski definition) is 3. The molecule has 0 radical (unpaired) electrons. The minimum atomic E-state index is -1.20. The second-order valence-corrected chi connectivity index (χ2v) is 6.20. The van der Waals surface area contributed by atoms with E-state index < -0.39 is 29.5 Å². The zero-order chi connectivity index (χ0) is 15.9. The number of hydrogen-bond donors (Lipinski definition) is 1. The molecule has 1 heterocycles. The molecule has 1 atom stereocenters. The van der Waals surface area contributed by atoms with Gasteiger partial charge in [-0.05, 0) is 38.5 Å². The van der Waals surface area contributed by atoms with Crippen LogP contribution in [0.5, 0.6) is 0 Å². The van der Waals surface area contributed by atoms with Crippen LogP contribution in [0.2, 0.25) is 5.02 Å². The summed E-state index contributed by atoms with van der Waals surface area (Å²) in [6, 6.07) is 1.03. The van der Waals surface area contributed by atoms with Crippen LogP contribution in [-0.4, -0.2) is 28.8 Å². The van der Waals surface area contributed by atoms with Gasteiger partial charge in [0.05, 0.1) is 5.69 Å². The Labute approximate surface area is 126 Å². The van der Waals surface area contributed by atoms with Gasteiger partial charge in [-0.1, -0.05) is 11.6 Å². The van der Waals surface area contributed by atoms with Crippen LogP contribution < -0.4 is 4.90 Å².